The summed E-state index contributed by atoms with van der Waals surface area (Å²) in [7, 11) is 0. The zero-order chi connectivity index (χ0) is 37.2. The second kappa shape index (κ2) is 11.4. The number of nitrogens with zero attached hydrogens (tertiary/aromatic N) is 3. The second-order valence-electron chi connectivity index (χ2n) is 11.1. The highest BCUT2D eigenvalue weighted by atomic mass is 32.1. The summed E-state index contributed by atoms with van der Waals surface area (Å²) in [6, 6.07) is 37.9. The van der Waals surface area contributed by atoms with E-state index in [1.807, 2.05) is 72.8 Å². The van der Waals surface area contributed by atoms with Crippen LogP contribution in [0, 0.1) is 0 Å². The molecule has 3 nitrogen and oxygen atoms in total. The highest BCUT2D eigenvalue weighted by molar-refractivity contribution is 7.25. The van der Waals surface area contributed by atoms with Crippen LogP contribution in [0.4, 0.5) is 0 Å². The Morgan fingerprint density at radius 1 is 0.426 bits per heavy atom. The Morgan fingerprint density at radius 2 is 1.02 bits per heavy atom. The Kier molecular flexibility index (Phi) is 5.09. The lowest BCUT2D eigenvalue weighted by Gasteiger charge is -2.13. The topological polar surface area (TPSA) is 38.7 Å². The van der Waals surface area contributed by atoms with Crippen molar-refractivity contribution in [3.05, 3.63) is 164 Å². The van der Waals surface area contributed by atoms with Crippen molar-refractivity contribution in [3.63, 3.8) is 0 Å². The van der Waals surface area contributed by atoms with Gasteiger partial charge in [-0.15, -0.1) is 11.3 Å². The molecule has 0 aliphatic carbocycles. The maximum absolute atomic E-state index is 9.16. The fourth-order valence-electron chi connectivity index (χ4n) is 5.96. The van der Waals surface area contributed by atoms with E-state index in [0.717, 1.165) is 44.4 Å². The van der Waals surface area contributed by atoms with Gasteiger partial charge < -0.3 is 0 Å². The van der Waals surface area contributed by atoms with Crippen molar-refractivity contribution in [3.8, 4) is 56.4 Å². The number of aromatic nitrogens is 3. The molecule has 0 atom stereocenters. The van der Waals surface area contributed by atoms with E-state index >= 15 is 0 Å². The molecule has 0 aliphatic rings. The highest BCUT2D eigenvalue weighted by Gasteiger charge is 2.17. The highest BCUT2D eigenvalue weighted by Crippen LogP contribution is 2.38. The average Bonchev–Trinajstić information content (AvgIpc) is 3.63. The number of benzene rings is 7. The van der Waals surface area contributed by atoms with Gasteiger partial charge in [0, 0.05) is 42.2 Å². The Balaban J connectivity index is 1.20. The zero-order valence-electron chi connectivity index (χ0n) is 31.8. The molecule has 0 fully saturated rings. The quantitative estimate of drug-likeness (QED) is 0.191. The summed E-state index contributed by atoms with van der Waals surface area (Å²) < 4.78 is 60.9. The molecule has 0 saturated heterocycles. The molecule has 47 heavy (non-hydrogen) atoms. The summed E-state index contributed by atoms with van der Waals surface area (Å²) in [6.45, 7) is 0. The van der Waals surface area contributed by atoms with E-state index in [9.17, 15) is 0 Å². The van der Waals surface area contributed by atoms with E-state index < -0.39 is 6.04 Å². The van der Waals surface area contributed by atoms with Crippen LogP contribution in [0.1, 0.15) is 9.60 Å². The maximum Gasteiger partial charge on any atom is 0.164 e. The Morgan fingerprint density at radius 3 is 1.77 bits per heavy atom. The van der Waals surface area contributed by atoms with Gasteiger partial charge in [-0.2, -0.15) is 0 Å². The molecule has 0 aliphatic heterocycles. The Labute approximate surface area is 286 Å². The first-order valence-corrected chi connectivity index (χ1v) is 15.9. The van der Waals surface area contributed by atoms with Gasteiger partial charge in [0.2, 0.25) is 0 Å². The maximum atomic E-state index is 9.16. The van der Waals surface area contributed by atoms with E-state index in [-0.39, 0.29) is 57.3 Å². The van der Waals surface area contributed by atoms with Crippen LogP contribution in [0.5, 0.6) is 0 Å². The molecule has 9 rings (SSSR count). The van der Waals surface area contributed by atoms with Crippen molar-refractivity contribution < 1.29 is 9.60 Å². The molecule has 0 N–H and O–H groups in total. The molecule has 9 aromatic rings. The normalized spacial score (nSPS) is 13.5. The lowest BCUT2D eigenvalue weighted by molar-refractivity contribution is 1.08. The first kappa shape index (κ1) is 20.9. The smallest absolute Gasteiger partial charge is 0.164 e. The van der Waals surface area contributed by atoms with Crippen molar-refractivity contribution in [2.75, 3.05) is 0 Å². The van der Waals surface area contributed by atoms with Crippen LogP contribution in [0.2, 0.25) is 0 Å². The monoisotopic (exact) mass is 624 g/mol. The summed E-state index contributed by atoms with van der Waals surface area (Å²) in [5, 5.41) is 2.46. The van der Waals surface area contributed by atoms with Crippen LogP contribution in [0.15, 0.2) is 164 Å². The van der Waals surface area contributed by atoms with Gasteiger partial charge in [0.05, 0.1) is 9.60 Å². The third-order valence-corrected chi connectivity index (χ3v) is 9.24. The Hall–Kier alpha value is -5.97. The minimum absolute atomic E-state index is 0.00389. The van der Waals surface area contributed by atoms with Crippen molar-refractivity contribution >= 4 is 42.3 Å². The minimum atomic E-state index is -0.404. The SMILES string of the molecule is [2H]c1c([2H])c([2H])c2c(sc3c([2H])c(-c4ccc(-c5nc(-c6ccccc6)nc(-c6cccc7cccc(-c8ccccc8)c67)n5)cc4)c([2H])c([2H])c32)c1[2H]. The summed E-state index contributed by atoms with van der Waals surface area (Å²) in [4.78, 5) is 15.0. The van der Waals surface area contributed by atoms with Gasteiger partial charge in [-0.25, -0.2) is 15.0 Å². The third-order valence-electron chi connectivity index (χ3n) is 8.21. The van der Waals surface area contributed by atoms with Gasteiger partial charge in [-0.1, -0.05) is 152 Å². The molecule has 0 bridgehead atoms. The molecule has 4 heteroatoms. The number of hydrogen-bond donors (Lipinski definition) is 0. The number of hydrogen-bond acceptors (Lipinski definition) is 4. The van der Waals surface area contributed by atoms with Crippen molar-refractivity contribution in [1.29, 1.82) is 0 Å². The Bertz CT molecular complexity index is 2950. The van der Waals surface area contributed by atoms with E-state index in [0.29, 0.717) is 33.3 Å². The number of thiophene rings is 1. The molecule has 2 aromatic heterocycles. The minimum Gasteiger partial charge on any atom is -0.208 e. The summed E-state index contributed by atoms with van der Waals surface area (Å²) in [6.07, 6.45) is 0. The lowest BCUT2D eigenvalue weighted by Crippen LogP contribution is -2.01. The predicted octanol–water partition coefficient (Wildman–Crippen LogP) is 11.7. The van der Waals surface area contributed by atoms with Crippen LogP contribution in [-0.2, 0) is 0 Å². The van der Waals surface area contributed by atoms with Gasteiger partial charge in [-0.3, -0.25) is 0 Å². The standard InChI is InChI=1S/C43H27N3S/c1-3-11-29(12-4-1)34-18-9-15-30-16-10-19-37(40(30)34)43-45-41(31-13-5-2-6-14-31)44-42(46-43)32-23-21-28(22-24-32)33-25-26-36-35-17-7-8-20-38(35)47-39(36)27-33/h1-27H/i7D,8D,17D,20D,25D,26D,27D. The summed E-state index contributed by atoms with van der Waals surface area (Å²) in [5.74, 6) is 1.47. The van der Waals surface area contributed by atoms with Crippen LogP contribution < -0.4 is 0 Å². The molecule has 7 aromatic carbocycles. The molecule has 0 saturated carbocycles. The van der Waals surface area contributed by atoms with Crippen LogP contribution in [0.25, 0.3) is 87.4 Å². The molecule has 0 unspecified atom stereocenters. The van der Waals surface area contributed by atoms with Crippen LogP contribution in [0.3, 0.4) is 0 Å². The molecule has 0 amide bonds. The molecular formula is C43H27N3S. The van der Waals surface area contributed by atoms with Crippen LogP contribution >= 0.6 is 11.3 Å². The summed E-state index contributed by atoms with van der Waals surface area (Å²) >= 11 is 1.05. The first-order chi connectivity index (χ1) is 26.2. The molecular weight excluding hydrogens is 591 g/mol. The number of rotatable bonds is 5. The second-order valence-corrected chi connectivity index (χ2v) is 12.1. The van der Waals surface area contributed by atoms with Crippen molar-refractivity contribution in [2.24, 2.45) is 0 Å². The van der Waals surface area contributed by atoms with Gasteiger partial charge in [0.1, 0.15) is 0 Å². The van der Waals surface area contributed by atoms with E-state index in [1.54, 1.807) is 12.1 Å². The van der Waals surface area contributed by atoms with Crippen molar-refractivity contribution in [2.45, 2.75) is 0 Å². The molecule has 2 heterocycles. The van der Waals surface area contributed by atoms with E-state index in [4.69, 9.17) is 24.5 Å². The largest absolute Gasteiger partial charge is 0.208 e. The fourth-order valence-corrected chi connectivity index (χ4v) is 6.92. The van der Waals surface area contributed by atoms with E-state index in [2.05, 4.69) is 36.4 Å². The van der Waals surface area contributed by atoms with Gasteiger partial charge >= 0.3 is 0 Å². The van der Waals surface area contributed by atoms with Gasteiger partial charge in [-0.05, 0) is 39.7 Å². The molecule has 0 spiro atoms. The number of fused-ring (bicyclic) bond motifs is 4. The third kappa shape index (κ3) is 4.96. The average molecular weight is 625 g/mol. The zero-order valence-corrected chi connectivity index (χ0v) is 25.6. The van der Waals surface area contributed by atoms with Crippen molar-refractivity contribution in [1.82, 2.24) is 15.0 Å². The van der Waals surface area contributed by atoms with Gasteiger partial charge in [0.25, 0.3) is 0 Å². The summed E-state index contributed by atoms with van der Waals surface area (Å²) in [5.41, 5.74) is 5.32. The first-order valence-electron chi connectivity index (χ1n) is 18.6. The van der Waals surface area contributed by atoms with Crippen LogP contribution in [-0.4, -0.2) is 15.0 Å². The lowest BCUT2D eigenvalue weighted by atomic mass is 9.94. The molecule has 0 radical (unpaired) electrons. The predicted molar refractivity (Wildman–Crippen MR) is 197 cm³/mol. The van der Waals surface area contributed by atoms with Gasteiger partial charge in [0.15, 0.2) is 17.5 Å². The molecule has 220 valence electrons. The fraction of sp³-hybridized carbons (Fsp3) is 0. The van der Waals surface area contributed by atoms with E-state index in [1.165, 1.54) is 0 Å².